The number of hydrogen-bond acceptors (Lipinski definition) is 5. The summed E-state index contributed by atoms with van der Waals surface area (Å²) in [5, 5.41) is 14.1. The van der Waals surface area contributed by atoms with Crippen molar-refractivity contribution in [2.24, 2.45) is 0 Å². The molecule has 4 aromatic rings. The number of amides is 1. The highest BCUT2D eigenvalue weighted by Gasteiger charge is 2.20. The lowest BCUT2D eigenvalue weighted by Gasteiger charge is -2.13. The maximum atomic E-state index is 14.2. The summed E-state index contributed by atoms with van der Waals surface area (Å²) in [6.07, 6.45) is 1.49. The Morgan fingerprint density at radius 2 is 1.84 bits per heavy atom. The van der Waals surface area contributed by atoms with Crippen LogP contribution in [0.5, 0.6) is 0 Å². The Bertz CT molecular complexity index is 1380. The maximum absolute atomic E-state index is 14.2. The number of pyridine rings is 2. The quantitative estimate of drug-likeness (QED) is 0.392. The zero-order chi connectivity index (χ0) is 22.0. The standard InChI is InChI=1S/C22H15FN4O4/c23-17-8-2-1-6-15(17)13-26-20-14(7-5-11-24-20)12-16(22(26)29)21(28)25-18-9-3-4-10-19(18)27(30)31/h1-12H,13H2,(H,25,28). The number of hydrogen-bond donors (Lipinski definition) is 1. The fraction of sp³-hybridized carbons (Fsp3) is 0.0455. The largest absolute Gasteiger partial charge is 0.316 e. The predicted octanol–water partition coefficient (Wildman–Crippen LogP) is 3.74. The van der Waals surface area contributed by atoms with Gasteiger partial charge in [-0.25, -0.2) is 9.37 Å². The van der Waals surface area contributed by atoms with Crippen molar-refractivity contribution < 1.29 is 14.1 Å². The smallest absolute Gasteiger partial charge is 0.292 e. The highest BCUT2D eigenvalue weighted by molar-refractivity contribution is 6.06. The normalized spacial score (nSPS) is 10.7. The fourth-order valence-electron chi connectivity index (χ4n) is 3.24. The Labute approximate surface area is 174 Å². The van der Waals surface area contributed by atoms with Crippen LogP contribution in [0, 0.1) is 15.9 Å². The lowest BCUT2D eigenvalue weighted by atomic mass is 10.1. The second-order valence-electron chi connectivity index (χ2n) is 6.69. The number of nitrogens with one attached hydrogen (secondary N) is 1. The van der Waals surface area contributed by atoms with Gasteiger partial charge in [0.05, 0.1) is 11.5 Å². The molecule has 0 saturated carbocycles. The number of nitro benzene ring substituents is 1. The summed E-state index contributed by atoms with van der Waals surface area (Å²) in [5.74, 6) is -1.31. The van der Waals surface area contributed by atoms with Gasteiger partial charge >= 0.3 is 0 Å². The number of nitrogens with zero attached hydrogens (tertiary/aromatic N) is 3. The molecular formula is C22H15FN4O4. The van der Waals surface area contributed by atoms with Crippen LogP contribution in [0.25, 0.3) is 11.0 Å². The van der Waals surface area contributed by atoms with E-state index < -0.39 is 22.2 Å². The average molecular weight is 418 g/mol. The van der Waals surface area contributed by atoms with Crippen molar-refractivity contribution in [3.8, 4) is 0 Å². The Morgan fingerprint density at radius 3 is 2.61 bits per heavy atom. The van der Waals surface area contributed by atoms with Crippen LogP contribution in [0.4, 0.5) is 15.8 Å². The molecule has 1 N–H and O–H groups in total. The summed E-state index contributed by atoms with van der Waals surface area (Å²) in [4.78, 5) is 40.8. The van der Waals surface area contributed by atoms with Crippen molar-refractivity contribution in [1.29, 1.82) is 0 Å². The summed E-state index contributed by atoms with van der Waals surface area (Å²) in [7, 11) is 0. The lowest BCUT2D eigenvalue weighted by Crippen LogP contribution is -2.30. The Kier molecular flexibility index (Phi) is 5.23. The Hall–Kier alpha value is -4.40. The SMILES string of the molecule is O=C(Nc1ccccc1[N+](=O)[O-])c1cc2cccnc2n(Cc2ccccc2F)c1=O. The third kappa shape index (κ3) is 3.88. The van der Waals surface area contributed by atoms with Crippen molar-refractivity contribution in [3.05, 3.63) is 110 Å². The summed E-state index contributed by atoms with van der Waals surface area (Å²) in [6.45, 7) is -0.133. The topological polar surface area (TPSA) is 107 Å². The van der Waals surface area contributed by atoms with Crippen LogP contribution in [0.3, 0.4) is 0 Å². The molecule has 0 unspecified atom stereocenters. The molecule has 0 atom stereocenters. The van der Waals surface area contributed by atoms with Crippen LogP contribution in [0.2, 0.25) is 0 Å². The van der Waals surface area contributed by atoms with E-state index in [2.05, 4.69) is 10.3 Å². The summed E-state index contributed by atoms with van der Waals surface area (Å²) in [6, 6.07) is 16.3. The van der Waals surface area contributed by atoms with Crippen molar-refractivity contribution in [2.45, 2.75) is 6.54 Å². The molecule has 2 aromatic heterocycles. The number of halogens is 1. The number of fused-ring (bicyclic) bond motifs is 1. The number of rotatable bonds is 5. The molecule has 0 radical (unpaired) electrons. The molecule has 2 aromatic carbocycles. The zero-order valence-corrected chi connectivity index (χ0v) is 16.0. The molecule has 8 nitrogen and oxygen atoms in total. The molecular weight excluding hydrogens is 403 g/mol. The van der Waals surface area contributed by atoms with Gasteiger partial charge in [0.1, 0.15) is 22.7 Å². The number of benzene rings is 2. The van der Waals surface area contributed by atoms with Crippen LogP contribution in [-0.4, -0.2) is 20.4 Å². The molecule has 0 bridgehead atoms. The lowest BCUT2D eigenvalue weighted by molar-refractivity contribution is -0.383. The first kappa shape index (κ1) is 19.9. The molecule has 0 saturated heterocycles. The highest BCUT2D eigenvalue weighted by Crippen LogP contribution is 2.24. The van der Waals surface area contributed by atoms with Crippen LogP contribution >= 0.6 is 0 Å². The van der Waals surface area contributed by atoms with E-state index in [1.54, 1.807) is 18.2 Å². The van der Waals surface area contributed by atoms with E-state index in [0.717, 1.165) is 0 Å². The molecule has 2 heterocycles. The van der Waals surface area contributed by atoms with Crippen LogP contribution in [-0.2, 0) is 6.54 Å². The number of carbonyl (C=O) groups is 1. The third-order valence-corrected chi connectivity index (χ3v) is 4.73. The molecule has 0 aliphatic heterocycles. The second kappa shape index (κ2) is 8.15. The van der Waals surface area contributed by atoms with E-state index in [1.165, 1.54) is 59.3 Å². The van der Waals surface area contributed by atoms with Crippen molar-refractivity contribution in [2.75, 3.05) is 5.32 Å². The van der Waals surface area contributed by atoms with E-state index in [1.807, 2.05) is 0 Å². The van der Waals surface area contributed by atoms with E-state index >= 15 is 0 Å². The van der Waals surface area contributed by atoms with E-state index in [-0.39, 0.29) is 34.7 Å². The van der Waals surface area contributed by atoms with Gasteiger partial charge in [0.2, 0.25) is 0 Å². The number of anilines is 1. The first-order chi connectivity index (χ1) is 15.0. The van der Waals surface area contributed by atoms with E-state index in [4.69, 9.17) is 0 Å². The predicted molar refractivity (Wildman–Crippen MR) is 113 cm³/mol. The van der Waals surface area contributed by atoms with Gasteiger partial charge in [-0.2, -0.15) is 0 Å². The molecule has 154 valence electrons. The van der Waals surface area contributed by atoms with Gasteiger partial charge in [-0.1, -0.05) is 30.3 Å². The van der Waals surface area contributed by atoms with Gasteiger partial charge in [-0.05, 0) is 30.3 Å². The molecule has 31 heavy (non-hydrogen) atoms. The number of carbonyl (C=O) groups excluding carboxylic acids is 1. The Morgan fingerprint density at radius 1 is 1.10 bits per heavy atom. The van der Waals surface area contributed by atoms with E-state index in [0.29, 0.717) is 5.39 Å². The highest BCUT2D eigenvalue weighted by atomic mass is 19.1. The van der Waals surface area contributed by atoms with Gasteiger partial charge in [-0.3, -0.25) is 24.3 Å². The molecule has 0 spiro atoms. The van der Waals surface area contributed by atoms with Gasteiger partial charge < -0.3 is 5.32 Å². The molecule has 0 aliphatic rings. The van der Waals surface area contributed by atoms with Crippen LogP contribution in [0.15, 0.2) is 77.7 Å². The summed E-state index contributed by atoms with van der Waals surface area (Å²) >= 11 is 0. The minimum atomic E-state index is -0.813. The molecule has 0 aliphatic carbocycles. The molecule has 9 heteroatoms. The first-order valence-electron chi connectivity index (χ1n) is 9.22. The van der Waals surface area contributed by atoms with E-state index in [9.17, 15) is 24.1 Å². The average Bonchev–Trinajstić information content (AvgIpc) is 2.77. The number of nitro groups is 1. The van der Waals surface area contributed by atoms with Crippen LogP contribution < -0.4 is 10.9 Å². The molecule has 0 fully saturated rings. The fourth-order valence-corrected chi connectivity index (χ4v) is 3.24. The van der Waals surface area contributed by atoms with Gasteiger partial charge in [0, 0.05) is 23.2 Å². The summed E-state index contributed by atoms with van der Waals surface area (Å²) in [5.41, 5.74) is -0.722. The van der Waals surface area contributed by atoms with Gasteiger partial charge in [0.15, 0.2) is 0 Å². The van der Waals surface area contributed by atoms with Crippen LogP contribution in [0.1, 0.15) is 15.9 Å². The van der Waals surface area contributed by atoms with Crippen molar-refractivity contribution in [3.63, 3.8) is 0 Å². The van der Waals surface area contributed by atoms with Gasteiger partial charge in [-0.15, -0.1) is 0 Å². The van der Waals surface area contributed by atoms with Gasteiger partial charge in [0.25, 0.3) is 17.2 Å². The number of aromatic nitrogens is 2. The molecule has 4 rings (SSSR count). The third-order valence-electron chi connectivity index (χ3n) is 4.73. The maximum Gasteiger partial charge on any atom is 0.292 e. The second-order valence-corrected chi connectivity index (χ2v) is 6.69. The minimum absolute atomic E-state index is 0.0381. The monoisotopic (exact) mass is 418 g/mol. The Balaban J connectivity index is 1.81. The van der Waals surface area contributed by atoms with Crippen molar-refractivity contribution >= 4 is 28.3 Å². The zero-order valence-electron chi connectivity index (χ0n) is 16.0. The minimum Gasteiger partial charge on any atom is -0.316 e. The number of para-hydroxylation sites is 2. The van der Waals surface area contributed by atoms with Crippen molar-refractivity contribution in [1.82, 2.24) is 9.55 Å². The summed E-state index contributed by atoms with van der Waals surface area (Å²) < 4.78 is 15.4. The first-order valence-corrected chi connectivity index (χ1v) is 9.22. The molecule has 1 amide bonds.